The van der Waals surface area contributed by atoms with E-state index in [9.17, 15) is 34.5 Å². The fraction of sp³-hybridized carbons (Fsp3) is 0.500. The van der Waals surface area contributed by atoms with Gasteiger partial charge in [0.25, 0.3) is 21.6 Å². The van der Waals surface area contributed by atoms with Crippen LogP contribution in [0.2, 0.25) is 0 Å². The molecule has 10 nitrogen and oxygen atoms in total. The predicted molar refractivity (Wildman–Crippen MR) is 450 cm³/mol. The van der Waals surface area contributed by atoms with Crippen LogP contribution in [-0.4, -0.2) is 111 Å². The molecule has 4 aromatic heterocycles. The van der Waals surface area contributed by atoms with Crippen molar-refractivity contribution < 1.29 is 126 Å². The van der Waals surface area contributed by atoms with E-state index in [-0.39, 0.29) is 74.1 Å². The summed E-state index contributed by atoms with van der Waals surface area (Å²) in [4.78, 5) is 0. The molecule has 0 bridgehead atoms. The summed E-state index contributed by atoms with van der Waals surface area (Å²) in [5.74, 6) is 0. The Bertz CT molecular complexity index is 3710. The number of alkyl halides is 4. The molecule has 1 saturated heterocycles. The minimum absolute atomic E-state index is 0. The molecule has 0 unspecified atom stereocenters. The van der Waals surface area contributed by atoms with Crippen molar-refractivity contribution in [3.05, 3.63) is 184 Å². The fourth-order valence-electron chi connectivity index (χ4n) is 14.4. The average molecular weight is 2030 g/mol. The first-order valence-electron chi connectivity index (χ1n) is 37.4. The summed E-state index contributed by atoms with van der Waals surface area (Å²) >= 11 is 0. The number of halogens is 10. The van der Waals surface area contributed by atoms with Gasteiger partial charge in [0.05, 0.1) is 50.3 Å². The number of fused-ring (bicyclic) bond motifs is 4. The zero-order valence-corrected chi connectivity index (χ0v) is 81.2. The number of hydrogen-bond donors (Lipinski definition) is 0. The summed E-state index contributed by atoms with van der Waals surface area (Å²) in [6.07, 6.45) is 11.0. The van der Waals surface area contributed by atoms with Gasteiger partial charge in [0.1, 0.15) is 0 Å². The second-order valence-corrected chi connectivity index (χ2v) is 47.8. The molecule has 0 spiro atoms. The smallest absolute Gasteiger partial charge is 1.00 e. The van der Waals surface area contributed by atoms with Gasteiger partial charge in [-0.05, 0) is 92.2 Å². The zero-order valence-electron chi connectivity index (χ0n) is 73.0. The first-order chi connectivity index (χ1) is 51.3. The van der Waals surface area contributed by atoms with Gasteiger partial charge in [-0.25, -0.2) is 18.3 Å². The molecule has 1 aliphatic heterocycles. The van der Waals surface area contributed by atoms with E-state index in [1.54, 1.807) is 0 Å². The molecule has 0 saturated carbocycles. The number of benzene rings is 6. The summed E-state index contributed by atoms with van der Waals surface area (Å²) in [6.45, 7) is 65.5. The van der Waals surface area contributed by atoms with E-state index in [0.29, 0.717) is 0 Å². The van der Waals surface area contributed by atoms with Gasteiger partial charge in [0.15, 0.2) is 22.1 Å². The molecule has 112 heavy (non-hydrogen) atoms. The van der Waals surface area contributed by atoms with Crippen LogP contribution in [0.1, 0.15) is 169 Å². The Labute approximate surface area is 709 Å². The van der Waals surface area contributed by atoms with E-state index in [1.165, 1.54) is 32.7 Å². The number of rotatable bonds is 16. The monoisotopic (exact) mass is 2030 g/mol. The molecular formula is C84H126B2Cl2F8N8O2Os2P4. The van der Waals surface area contributed by atoms with Crippen LogP contribution in [-0.2, 0) is 77.1 Å². The van der Waals surface area contributed by atoms with Gasteiger partial charge in [-0.1, -0.05) is 282 Å². The number of imidazole rings is 4. The molecule has 0 aliphatic carbocycles. The molecule has 2 radical (unpaired) electrons. The molecular weight excluding hydrogens is 1900 g/mol. The minimum Gasteiger partial charge on any atom is -1.00 e. The van der Waals surface area contributed by atoms with E-state index in [0.717, 1.165) is 113 Å². The number of aryl methyl sites for hydroxylation is 4. The van der Waals surface area contributed by atoms with Gasteiger partial charge >= 0.3 is 87.4 Å². The molecule has 0 amide bonds. The average Bonchev–Trinajstić information content (AvgIpc) is 1.63. The summed E-state index contributed by atoms with van der Waals surface area (Å²) < 4.78 is 110. The van der Waals surface area contributed by atoms with E-state index in [4.69, 9.17) is 9.30 Å². The van der Waals surface area contributed by atoms with Gasteiger partial charge in [-0.3, -0.25) is 0 Å². The number of para-hydroxylation sites is 8. The first kappa shape index (κ1) is 110. The Morgan fingerprint density at radius 3 is 0.750 bits per heavy atom. The topological polar surface area (TPSA) is 75.0 Å². The SMILES string of the molecule is C1[Cl+]C[Cl+]1.CC(C)P(C(C)C)C(C)C.CC(C)P(C(C)C)C(C)C.CC(C)P(C(C)C)C(C)C.CC(C)P(C(C)C)C(C)C.C[n+]1[c-]n(-c2[c-]ccc(-n3c[n+](C)c4ccccc43)c2)c2ccccc21.C[n+]1[c-]n(-c2[c-]ccc(-n3c[n+](C)c4ccccc43)c2)c2ccccc21.F[B-](F)(F)F.F[B-](F)(F)F.[C-]#[O+].[C-]#[O+].[H-].[H-].[Os+].[Os+]. The van der Waals surface area contributed by atoms with Gasteiger partial charge in [-0.15, -0.1) is 24.3 Å². The normalized spacial score (nSPS) is 11.8. The molecule has 5 heterocycles. The van der Waals surface area contributed by atoms with Crippen molar-refractivity contribution in [2.24, 2.45) is 28.2 Å². The largest absolute Gasteiger partial charge is 1.00 e. The van der Waals surface area contributed by atoms with Crippen LogP contribution >= 0.6 is 31.7 Å². The Balaban J connectivity index is -0.000000636. The molecule has 626 valence electrons. The summed E-state index contributed by atoms with van der Waals surface area (Å²) in [5.41, 5.74) is 24.2. The molecule has 1 fully saturated rings. The first-order valence-corrected chi connectivity index (χ1v) is 45.7. The van der Waals surface area contributed by atoms with Crippen molar-refractivity contribution in [3.63, 3.8) is 0 Å². The van der Waals surface area contributed by atoms with E-state index < -0.39 is 14.5 Å². The van der Waals surface area contributed by atoms with Crippen molar-refractivity contribution >= 4 is 90.3 Å². The number of nitrogens with zero attached hydrogens (tertiary/aromatic N) is 8. The molecule has 11 rings (SSSR count). The van der Waals surface area contributed by atoms with Crippen LogP contribution < -0.4 is 18.3 Å². The Kier molecular flexibility index (Phi) is 53.7. The van der Waals surface area contributed by atoms with Gasteiger partial charge in [0, 0.05) is 11.4 Å². The summed E-state index contributed by atoms with van der Waals surface area (Å²) in [5, 5.41) is 2.44. The van der Waals surface area contributed by atoms with E-state index in [2.05, 4.69) is 389 Å². The van der Waals surface area contributed by atoms with Crippen molar-refractivity contribution in [2.45, 2.75) is 234 Å². The second kappa shape index (κ2) is 54.7. The third kappa shape index (κ3) is 37.6. The second-order valence-electron chi connectivity index (χ2n) is 29.5. The van der Waals surface area contributed by atoms with Crippen LogP contribution in [0.5, 0.6) is 0 Å². The van der Waals surface area contributed by atoms with Gasteiger partial charge in [-0.2, -0.15) is 24.3 Å². The maximum absolute atomic E-state index is 9.75. The van der Waals surface area contributed by atoms with Crippen molar-refractivity contribution in [2.75, 3.05) is 10.7 Å². The predicted octanol–water partition coefficient (Wildman–Crippen LogP) is 23.3. The Morgan fingerprint density at radius 2 is 0.554 bits per heavy atom. The third-order valence-corrected chi connectivity index (χ3v) is 33.7. The number of aromatic nitrogens is 8. The fourth-order valence-corrected chi connectivity index (χ4v) is 29.2. The number of hydrogen-bond acceptors (Lipinski definition) is 0. The minimum atomic E-state index is -6.00. The van der Waals surface area contributed by atoms with Gasteiger partial charge in [0.2, 0.25) is 25.3 Å². The standard InChI is InChI=1S/2C22H18N4.4C9H21P.C2H4Cl2.2CO.2BF4.2Os.2H/c2*1-23-15-25(21-12-5-3-10-19(21)23)17-8-7-9-18(14-17)26-16-24(2)20-11-4-6-13-22(20)26;4*1-7(2)10(8(3)4)9(5)6;1-3-2-4-1;2*1-2;2*2-1(3,4)5;;;;/h2*3-8,10-15H,1-2H3;4*7-9H,1-6H3;1-2H2;;;;;;;;/q;;;;;;+2;;;2*-1;2*+1;2*-1. The Morgan fingerprint density at radius 1 is 0.357 bits per heavy atom. The van der Waals surface area contributed by atoms with Crippen LogP contribution in [0.3, 0.4) is 0 Å². The van der Waals surface area contributed by atoms with Crippen LogP contribution in [0, 0.1) is 59.7 Å². The van der Waals surface area contributed by atoms with Crippen molar-refractivity contribution in [3.8, 4) is 22.7 Å². The summed E-state index contributed by atoms with van der Waals surface area (Å²) in [6, 6.07) is 52.6. The zero-order chi connectivity index (χ0) is 84.4. The van der Waals surface area contributed by atoms with Crippen LogP contribution in [0.4, 0.5) is 34.5 Å². The molecule has 0 N–H and O–H groups in total. The third-order valence-electron chi connectivity index (χ3n) is 17.1. The van der Waals surface area contributed by atoms with Crippen LogP contribution in [0.25, 0.3) is 66.9 Å². The van der Waals surface area contributed by atoms with E-state index in [1.807, 2.05) is 47.5 Å². The van der Waals surface area contributed by atoms with Crippen LogP contribution in [0.15, 0.2) is 146 Å². The maximum atomic E-state index is 9.75. The molecule has 28 heteroatoms. The Hall–Kier alpha value is -4.18. The quantitative estimate of drug-likeness (QED) is 0.0176. The summed E-state index contributed by atoms with van der Waals surface area (Å²) in [7, 11) is 1.89. The van der Waals surface area contributed by atoms with Gasteiger partial charge < -0.3 is 55.6 Å². The van der Waals surface area contributed by atoms with Crippen molar-refractivity contribution in [1.29, 1.82) is 0 Å². The molecule has 1 aliphatic rings. The molecule has 10 aromatic rings. The maximum Gasteiger partial charge on any atom is 1.00 e. The molecule has 6 aromatic carbocycles. The molecule has 0 atom stereocenters. The van der Waals surface area contributed by atoms with Crippen molar-refractivity contribution in [1.82, 2.24) is 18.3 Å². The van der Waals surface area contributed by atoms with E-state index >= 15 is 0 Å².